The molecular formula is C11H19N3O2. The lowest BCUT2D eigenvalue weighted by Crippen LogP contribution is -2.23. The highest BCUT2D eigenvalue weighted by atomic mass is 16.5. The van der Waals surface area contributed by atoms with Gasteiger partial charge in [0, 0.05) is 20.2 Å². The van der Waals surface area contributed by atoms with Crippen LogP contribution >= 0.6 is 0 Å². The molecule has 1 rings (SSSR count). The van der Waals surface area contributed by atoms with Crippen molar-refractivity contribution in [2.45, 2.75) is 6.92 Å². The van der Waals surface area contributed by atoms with Crippen LogP contribution in [0.5, 0.6) is 5.88 Å². The van der Waals surface area contributed by atoms with Crippen molar-refractivity contribution in [2.24, 2.45) is 0 Å². The molecule has 0 aliphatic rings. The van der Waals surface area contributed by atoms with Crippen molar-refractivity contribution in [3.8, 4) is 5.88 Å². The van der Waals surface area contributed by atoms with Crippen LogP contribution in [0.15, 0.2) is 12.1 Å². The van der Waals surface area contributed by atoms with E-state index >= 15 is 0 Å². The highest BCUT2D eigenvalue weighted by molar-refractivity contribution is 5.54. The molecule has 0 aliphatic carbocycles. The molecule has 0 aliphatic heterocycles. The van der Waals surface area contributed by atoms with Crippen LogP contribution in [0.25, 0.3) is 0 Å². The zero-order chi connectivity index (χ0) is 12.0. The maximum Gasteiger partial charge on any atom is 0.238 e. The van der Waals surface area contributed by atoms with Crippen molar-refractivity contribution in [1.29, 1.82) is 0 Å². The van der Waals surface area contributed by atoms with Crippen LogP contribution in [0, 0.1) is 0 Å². The van der Waals surface area contributed by atoms with Crippen LogP contribution in [0.1, 0.15) is 6.92 Å². The molecule has 90 valence electrons. The summed E-state index contributed by atoms with van der Waals surface area (Å²) in [5, 5.41) is 0. The van der Waals surface area contributed by atoms with Crippen LogP contribution in [0.2, 0.25) is 0 Å². The van der Waals surface area contributed by atoms with Crippen LogP contribution in [0.3, 0.4) is 0 Å². The Morgan fingerprint density at radius 2 is 2.19 bits per heavy atom. The van der Waals surface area contributed by atoms with Crippen molar-refractivity contribution in [2.75, 3.05) is 44.5 Å². The zero-order valence-electron chi connectivity index (χ0n) is 10.1. The van der Waals surface area contributed by atoms with Gasteiger partial charge in [0.15, 0.2) is 0 Å². The molecule has 2 N–H and O–H groups in total. The SMILES string of the molecule is CCOCCN(C)c1ccc(N)c(OC)n1. The van der Waals surface area contributed by atoms with Crippen LogP contribution < -0.4 is 15.4 Å². The highest BCUT2D eigenvalue weighted by Crippen LogP contribution is 2.21. The van der Waals surface area contributed by atoms with Crippen molar-refractivity contribution in [3.63, 3.8) is 0 Å². The molecule has 0 spiro atoms. The number of hydrogen-bond acceptors (Lipinski definition) is 5. The Kier molecular flexibility index (Phi) is 4.85. The number of ether oxygens (including phenoxy) is 2. The number of anilines is 2. The standard InChI is InChI=1S/C11H19N3O2/c1-4-16-8-7-14(2)10-6-5-9(12)11(13-10)15-3/h5-6H,4,7-8,12H2,1-3H3. The summed E-state index contributed by atoms with van der Waals surface area (Å²) in [7, 11) is 3.51. The Morgan fingerprint density at radius 3 is 2.81 bits per heavy atom. The molecular weight excluding hydrogens is 206 g/mol. The third-order valence-electron chi connectivity index (χ3n) is 2.23. The summed E-state index contributed by atoms with van der Waals surface area (Å²) in [5.41, 5.74) is 6.24. The second-order valence-electron chi connectivity index (χ2n) is 3.39. The topological polar surface area (TPSA) is 60.6 Å². The van der Waals surface area contributed by atoms with Gasteiger partial charge in [-0.2, -0.15) is 4.98 Å². The fraction of sp³-hybridized carbons (Fsp3) is 0.545. The fourth-order valence-electron chi connectivity index (χ4n) is 1.28. The van der Waals surface area contributed by atoms with Gasteiger partial charge in [0.05, 0.1) is 19.4 Å². The molecule has 1 aromatic heterocycles. The van der Waals surface area contributed by atoms with Gasteiger partial charge in [-0.1, -0.05) is 0 Å². The van der Waals surface area contributed by atoms with E-state index in [2.05, 4.69) is 4.98 Å². The number of methoxy groups -OCH3 is 1. The molecule has 0 aromatic carbocycles. The number of nitrogens with zero attached hydrogens (tertiary/aromatic N) is 2. The van der Waals surface area contributed by atoms with E-state index in [0.717, 1.165) is 19.0 Å². The molecule has 0 atom stereocenters. The normalized spacial score (nSPS) is 10.2. The van der Waals surface area contributed by atoms with E-state index in [9.17, 15) is 0 Å². The van der Waals surface area contributed by atoms with Crippen molar-refractivity contribution < 1.29 is 9.47 Å². The molecule has 16 heavy (non-hydrogen) atoms. The predicted octanol–water partition coefficient (Wildman–Crippen LogP) is 1.15. The summed E-state index contributed by atoms with van der Waals surface area (Å²) in [5.74, 6) is 1.28. The maximum atomic E-state index is 5.69. The largest absolute Gasteiger partial charge is 0.479 e. The summed E-state index contributed by atoms with van der Waals surface area (Å²) in [4.78, 5) is 6.29. The summed E-state index contributed by atoms with van der Waals surface area (Å²) in [6.45, 7) is 4.17. The number of nitrogen functional groups attached to an aromatic ring is 1. The Morgan fingerprint density at radius 1 is 1.44 bits per heavy atom. The third kappa shape index (κ3) is 3.27. The Balaban J connectivity index is 2.64. The molecule has 1 heterocycles. The summed E-state index contributed by atoms with van der Waals surface area (Å²) < 4.78 is 10.3. The van der Waals surface area contributed by atoms with Crippen molar-refractivity contribution in [1.82, 2.24) is 4.98 Å². The first kappa shape index (κ1) is 12.6. The minimum absolute atomic E-state index is 0.459. The number of aromatic nitrogens is 1. The second kappa shape index (κ2) is 6.17. The first-order valence-corrected chi connectivity index (χ1v) is 5.28. The zero-order valence-corrected chi connectivity index (χ0v) is 10.1. The lowest BCUT2D eigenvalue weighted by molar-refractivity contribution is 0.154. The van der Waals surface area contributed by atoms with E-state index in [1.165, 1.54) is 0 Å². The van der Waals surface area contributed by atoms with E-state index in [0.29, 0.717) is 18.2 Å². The Labute approximate surface area is 96.2 Å². The van der Waals surface area contributed by atoms with Gasteiger partial charge < -0.3 is 20.1 Å². The van der Waals surface area contributed by atoms with E-state index in [1.54, 1.807) is 13.2 Å². The number of hydrogen-bond donors (Lipinski definition) is 1. The van der Waals surface area contributed by atoms with Gasteiger partial charge in [-0.05, 0) is 19.1 Å². The van der Waals surface area contributed by atoms with Crippen LogP contribution in [-0.4, -0.2) is 38.9 Å². The Bertz CT molecular complexity index is 331. The molecule has 5 heteroatoms. The molecule has 0 bridgehead atoms. The maximum absolute atomic E-state index is 5.69. The summed E-state index contributed by atoms with van der Waals surface area (Å²) in [6.07, 6.45) is 0. The number of likely N-dealkylation sites (N-methyl/N-ethyl adjacent to an activating group) is 1. The summed E-state index contributed by atoms with van der Waals surface area (Å²) >= 11 is 0. The number of nitrogens with two attached hydrogens (primary N) is 1. The average molecular weight is 225 g/mol. The average Bonchev–Trinajstić information content (AvgIpc) is 2.30. The molecule has 0 saturated carbocycles. The smallest absolute Gasteiger partial charge is 0.238 e. The highest BCUT2D eigenvalue weighted by Gasteiger charge is 2.06. The van der Waals surface area contributed by atoms with Gasteiger partial charge >= 0.3 is 0 Å². The molecule has 0 unspecified atom stereocenters. The van der Waals surface area contributed by atoms with Crippen LogP contribution in [-0.2, 0) is 4.74 Å². The van der Waals surface area contributed by atoms with Gasteiger partial charge in [0.25, 0.3) is 0 Å². The lowest BCUT2D eigenvalue weighted by Gasteiger charge is -2.18. The molecule has 5 nitrogen and oxygen atoms in total. The number of rotatable bonds is 6. The van der Waals surface area contributed by atoms with Crippen molar-refractivity contribution >= 4 is 11.5 Å². The summed E-state index contributed by atoms with van der Waals surface area (Å²) in [6, 6.07) is 3.65. The first-order chi connectivity index (χ1) is 7.69. The van der Waals surface area contributed by atoms with E-state index in [1.807, 2.05) is 24.9 Å². The van der Waals surface area contributed by atoms with Gasteiger partial charge in [0.1, 0.15) is 5.82 Å². The lowest BCUT2D eigenvalue weighted by atomic mass is 10.4. The van der Waals surface area contributed by atoms with Gasteiger partial charge in [-0.15, -0.1) is 0 Å². The molecule has 0 amide bonds. The first-order valence-electron chi connectivity index (χ1n) is 5.28. The minimum atomic E-state index is 0.459. The minimum Gasteiger partial charge on any atom is -0.479 e. The van der Waals surface area contributed by atoms with Crippen LogP contribution in [0.4, 0.5) is 11.5 Å². The van der Waals surface area contributed by atoms with Gasteiger partial charge in [-0.3, -0.25) is 0 Å². The van der Waals surface area contributed by atoms with Gasteiger partial charge in [0.2, 0.25) is 5.88 Å². The van der Waals surface area contributed by atoms with Gasteiger partial charge in [-0.25, -0.2) is 0 Å². The van der Waals surface area contributed by atoms with Crippen molar-refractivity contribution in [3.05, 3.63) is 12.1 Å². The number of pyridine rings is 1. The predicted molar refractivity (Wildman–Crippen MR) is 65.0 cm³/mol. The molecule has 1 aromatic rings. The molecule has 0 fully saturated rings. The third-order valence-corrected chi connectivity index (χ3v) is 2.23. The monoisotopic (exact) mass is 225 g/mol. The quantitative estimate of drug-likeness (QED) is 0.736. The Hall–Kier alpha value is -1.49. The second-order valence-corrected chi connectivity index (χ2v) is 3.39. The van der Waals surface area contributed by atoms with E-state index < -0.39 is 0 Å². The molecule has 0 saturated heterocycles. The molecule has 0 radical (unpaired) electrons. The van der Waals surface area contributed by atoms with E-state index in [4.69, 9.17) is 15.2 Å². The fourth-order valence-corrected chi connectivity index (χ4v) is 1.28. The van der Waals surface area contributed by atoms with E-state index in [-0.39, 0.29) is 0 Å².